The van der Waals surface area contributed by atoms with Crippen LogP contribution in [0.2, 0.25) is 0 Å². The Morgan fingerprint density at radius 3 is 2.69 bits per heavy atom. The van der Waals surface area contributed by atoms with Gasteiger partial charge < -0.3 is 16.8 Å². The minimum absolute atomic E-state index is 0.0156. The van der Waals surface area contributed by atoms with E-state index in [0.29, 0.717) is 17.7 Å². The van der Waals surface area contributed by atoms with Crippen LogP contribution in [-0.2, 0) is 6.42 Å². The summed E-state index contributed by atoms with van der Waals surface area (Å²) in [5, 5.41) is 3.11. The zero-order chi connectivity index (χ0) is 18.5. The van der Waals surface area contributed by atoms with Crippen molar-refractivity contribution >= 4 is 17.6 Å². The summed E-state index contributed by atoms with van der Waals surface area (Å²) in [6.07, 6.45) is 7.61. The van der Waals surface area contributed by atoms with E-state index in [1.165, 1.54) is 25.5 Å². The molecule has 3 rings (SSSR count). The van der Waals surface area contributed by atoms with Gasteiger partial charge in [-0.2, -0.15) is 0 Å². The van der Waals surface area contributed by atoms with Crippen molar-refractivity contribution in [2.75, 3.05) is 5.73 Å². The topological polar surface area (TPSA) is 124 Å². The Labute approximate surface area is 152 Å². The second-order valence-electron chi connectivity index (χ2n) is 6.64. The lowest BCUT2D eigenvalue weighted by atomic mass is 9.95. The minimum Gasteiger partial charge on any atom is -0.382 e. The number of carbonyl (C=O) groups excluding carboxylic acids is 2. The smallest absolute Gasteiger partial charge is 0.271 e. The van der Waals surface area contributed by atoms with Gasteiger partial charge in [0.15, 0.2) is 11.5 Å². The number of nitrogens with two attached hydrogens (primary N) is 2. The van der Waals surface area contributed by atoms with Crippen molar-refractivity contribution in [3.8, 4) is 0 Å². The van der Waals surface area contributed by atoms with Gasteiger partial charge in [-0.05, 0) is 30.5 Å². The van der Waals surface area contributed by atoms with Crippen LogP contribution >= 0.6 is 0 Å². The van der Waals surface area contributed by atoms with Gasteiger partial charge in [-0.1, -0.05) is 31.4 Å². The van der Waals surface area contributed by atoms with E-state index in [1.54, 1.807) is 6.07 Å². The summed E-state index contributed by atoms with van der Waals surface area (Å²) >= 11 is 0. The Hall–Kier alpha value is -2.96. The fourth-order valence-corrected chi connectivity index (χ4v) is 3.25. The predicted molar refractivity (Wildman–Crippen MR) is 98.5 cm³/mol. The van der Waals surface area contributed by atoms with Gasteiger partial charge in [-0.3, -0.25) is 9.59 Å². The van der Waals surface area contributed by atoms with E-state index < -0.39 is 5.91 Å². The summed E-state index contributed by atoms with van der Waals surface area (Å²) in [5.74, 6) is -0.751. The molecule has 1 aromatic heterocycles. The van der Waals surface area contributed by atoms with Gasteiger partial charge in [-0.15, -0.1) is 0 Å². The van der Waals surface area contributed by atoms with Gasteiger partial charge in [0.05, 0.1) is 11.9 Å². The average Bonchev–Trinajstić information content (AvgIpc) is 2.64. The van der Waals surface area contributed by atoms with Crippen LogP contribution in [0.4, 0.5) is 5.82 Å². The molecule has 136 valence electrons. The van der Waals surface area contributed by atoms with E-state index in [1.807, 2.05) is 18.2 Å². The maximum atomic E-state index is 12.5. The summed E-state index contributed by atoms with van der Waals surface area (Å²) in [6.45, 7) is 0. The van der Waals surface area contributed by atoms with E-state index >= 15 is 0 Å². The van der Waals surface area contributed by atoms with Gasteiger partial charge in [0, 0.05) is 18.0 Å². The largest absolute Gasteiger partial charge is 0.382 e. The number of carbonyl (C=O) groups is 2. The number of nitrogen functional groups attached to an aromatic ring is 1. The fourth-order valence-electron chi connectivity index (χ4n) is 3.25. The molecule has 26 heavy (non-hydrogen) atoms. The molecule has 0 spiro atoms. The number of nitrogens with one attached hydrogen (secondary N) is 1. The van der Waals surface area contributed by atoms with Crippen molar-refractivity contribution in [1.82, 2.24) is 15.3 Å². The molecule has 7 heteroatoms. The lowest BCUT2D eigenvalue weighted by Crippen LogP contribution is -2.36. The van der Waals surface area contributed by atoms with Crippen molar-refractivity contribution in [2.45, 2.75) is 44.6 Å². The van der Waals surface area contributed by atoms with Gasteiger partial charge in [0.25, 0.3) is 11.8 Å². The first-order chi connectivity index (χ1) is 12.5. The van der Waals surface area contributed by atoms with E-state index in [2.05, 4.69) is 15.3 Å². The number of primary amides is 1. The number of benzene rings is 1. The monoisotopic (exact) mass is 353 g/mol. The molecule has 0 radical (unpaired) electrons. The SMILES string of the molecule is NC(=O)c1nc(Cc2cccc(C(=O)NC3CCCCC3)c2)cnc1N. The zero-order valence-corrected chi connectivity index (χ0v) is 14.6. The molecule has 0 aliphatic heterocycles. The molecule has 0 atom stereocenters. The summed E-state index contributed by atoms with van der Waals surface area (Å²) in [7, 11) is 0. The van der Waals surface area contributed by atoms with Crippen molar-refractivity contribution in [3.05, 3.63) is 53.0 Å². The molecular weight excluding hydrogens is 330 g/mol. The highest BCUT2D eigenvalue weighted by atomic mass is 16.2. The first kappa shape index (κ1) is 17.8. The molecule has 7 nitrogen and oxygen atoms in total. The first-order valence-corrected chi connectivity index (χ1v) is 8.84. The van der Waals surface area contributed by atoms with Crippen LogP contribution in [0.15, 0.2) is 30.5 Å². The molecule has 1 aliphatic carbocycles. The fraction of sp³-hybridized carbons (Fsp3) is 0.368. The van der Waals surface area contributed by atoms with E-state index in [4.69, 9.17) is 11.5 Å². The van der Waals surface area contributed by atoms with Crippen LogP contribution in [0.3, 0.4) is 0 Å². The third-order valence-corrected chi connectivity index (χ3v) is 4.60. The zero-order valence-electron chi connectivity index (χ0n) is 14.6. The number of anilines is 1. The van der Waals surface area contributed by atoms with Crippen LogP contribution in [-0.4, -0.2) is 27.8 Å². The molecule has 0 saturated heterocycles. The summed E-state index contributed by atoms with van der Waals surface area (Å²) in [5.41, 5.74) is 12.9. The van der Waals surface area contributed by atoms with Gasteiger partial charge in [-0.25, -0.2) is 9.97 Å². The Bertz CT molecular complexity index is 815. The summed E-state index contributed by atoms with van der Waals surface area (Å²) < 4.78 is 0. The number of hydrogen-bond donors (Lipinski definition) is 3. The number of aromatic nitrogens is 2. The molecule has 5 N–H and O–H groups in total. The third kappa shape index (κ3) is 4.36. The van der Waals surface area contributed by atoms with E-state index in [9.17, 15) is 9.59 Å². The normalized spacial score (nSPS) is 14.8. The molecule has 0 unspecified atom stereocenters. The highest BCUT2D eigenvalue weighted by Gasteiger charge is 2.17. The number of hydrogen-bond acceptors (Lipinski definition) is 5. The molecular formula is C19H23N5O2. The van der Waals surface area contributed by atoms with Crippen LogP contribution in [0.25, 0.3) is 0 Å². The lowest BCUT2D eigenvalue weighted by Gasteiger charge is -2.22. The Balaban J connectivity index is 1.72. The standard InChI is InChI=1S/C19H23N5O2/c20-17-16(18(21)25)23-15(11-22-17)10-12-5-4-6-13(9-12)19(26)24-14-7-2-1-3-8-14/h4-6,9,11,14H,1-3,7-8,10H2,(H2,20,22)(H2,21,25)(H,24,26). The Morgan fingerprint density at radius 1 is 1.19 bits per heavy atom. The second kappa shape index (κ2) is 7.95. The molecule has 1 saturated carbocycles. The van der Waals surface area contributed by atoms with E-state index in [-0.39, 0.29) is 23.5 Å². The Kier molecular flexibility index (Phi) is 5.46. The maximum Gasteiger partial charge on any atom is 0.271 e. The molecule has 1 heterocycles. The van der Waals surface area contributed by atoms with Crippen molar-refractivity contribution in [2.24, 2.45) is 5.73 Å². The molecule has 0 bridgehead atoms. The summed E-state index contributed by atoms with van der Waals surface area (Å²) in [4.78, 5) is 32.0. The first-order valence-electron chi connectivity index (χ1n) is 8.84. The molecule has 2 aromatic rings. The predicted octanol–water partition coefficient (Wildman–Crippen LogP) is 1.81. The lowest BCUT2D eigenvalue weighted by molar-refractivity contribution is 0.0926. The van der Waals surface area contributed by atoms with Gasteiger partial charge in [0.2, 0.25) is 0 Å². The van der Waals surface area contributed by atoms with Crippen molar-refractivity contribution in [3.63, 3.8) is 0 Å². The quantitative estimate of drug-likeness (QED) is 0.756. The van der Waals surface area contributed by atoms with Crippen LogP contribution in [0.5, 0.6) is 0 Å². The number of amides is 2. The van der Waals surface area contributed by atoms with Crippen molar-refractivity contribution in [1.29, 1.82) is 0 Å². The molecule has 1 aliphatic rings. The van der Waals surface area contributed by atoms with Gasteiger partial charge in [0.1, 0.15) is 0 Å². The molecule has 1 fully saturated rings. The Morgan fingerprint density at radius 2 is 1.96 bits per heavy atom. The van der Waals surface area contributed by atoms with Gasteiger partial charge >= 0.3 is 0 Å². The number of nitrogens with zero attached hydrogens (tertiary/aromatic N) is 2. The van der Waals surface area contributed by atoms with E-state index in [0.717, 1.165) is 18.4 Å². The van der Waals surface area contributed by atoms with Crippen LogP contribution in [0, 0.1) is 0 Å². The minimum atomic E-state index is -0.711. The third-order valence-electron chi connectivity index (χ3n) is 4.60. The number of rotatable bonds is 5. The molecule has 1 aromatic carbocycles. The summed E-state index contributed by atoms with van der Waals surface area (Å²) in [6, 6.07) is 7.64. The second-order valence-corrected chi connectivity index (χ2v) is 6.64. The highest BCUT2D eigenvalue weighted by molar-refractivity contribution is 5.95. The van der Waals surface area contributed by atoms with Crippen molar-refractivity contribution < 1.29 is 9.59 Å². The highest BCUT2D eigenvalue weighted by Crippen LogP contribution is 2.18. The average molecular weight is 353 g/mol. The maximum absolute atomic E-state index is 12.5. The molecule has 2 amide bonds. The van der Waals surface area contributed by atoms with Crippen LogP contribution in [0.1, 0.15) is 64.2 Å². The van der Waals surface area contributed by atoms with Crippen LogP contribution < -0.4 is 16.8 Å².